The van der Waals surface area contributed by atoms with E-state index in [9.17, 15) is 18.0 Å². The average Bonchev–Trinajstić information content (AvgIpc) is 2.90. The lowest BCUT2D eigenvalue weighted by Crippen LogP contribution is -2.54. The van der Waals surface area contributed by atoms with Crippen LogP contribution in [-0.2, 0) is 32.6 Å². The molecule has 0 fully saturated rings. The molecule has 7 nitrogen and oxygen atoms in total. The molecule has 9 heteroatoms. The Hall–Kier alpha value is -3.36. The van der Waals surface area contributed by atoms with Crippen LogP contribution < -0.4 is 9.62 Å². The van der Waals surface area contributed by atoms with Gasteiger partial charge >= 0.3 is 0 Å². The molecule has 0 saturated carbocycles. The number of rotatable bonds is 10. The van der Waals surface area contributed by atoms with E-state index in [2.05, 4.69) is 5.32 Å². The number of hydrogen-bond donors (Lipinski definition) is 1. The molecule has 0 aliphatic carbocycles. The Morgan fingerprint density at radius 1 is 0.923 bits per heavy atom. The Morgan fingerprint density at radius 2 is 1.51 bits per heavy atom. The van der Waals surface area contributed by atoms with Crippen LogP contribution in [0.4, 0.5) is 5.69 Å². The summed E-state index contributed by atoms with van der Waals surface area (Å²) in [6.45, 7) is 8.73. The van der Waals surface area contributed by atoms with Crippen molar-refractivity contribution in [2.24, 2.45) is 0 Å². The van der Waals surface area contributed by atoms with Crippen molar-refractivity contribution in [2.45, 2.75) is 64.1 Å². The molecule has 0 aliphatic heterocycles. The Balaban J connectivity index is 2.04. The van der Waals surface area contributed by atoms with Gasteiger partial charge in [0.15, 0.2) is 0 Å². The standard InChI is InChI=1S/C30H36ClN3O4S/c1-6-23-16-18-25(19-17-23)34(39(37,38)26-13-8-7-9-14-26)21-28(35)33(20-24-12-10-11-15-27(24)31)22(2)29(36)32-30(3,4)5/h7-19,22H,6,20-21H2,1-5H3,(H,32,36)/t22-/m1/s1. The number of amides is 2. The van der Waals surface area contributed by atoms with Crippen LogP contribution in [-0.4, -0.2) is 43.3 Å². The van der Waals surface area contributed by atoms with Gasteiger partial charge in [-0.2, -0.15) is 0 Å². The monoisotopic (exact) mass is 569 g/mol. The van der Waals surface area contributed by atoms with Crippen molar-refractivity contribution in [3.63, 3.8) is 0 Å². The van der Waals surface area contributed by atoms with Gasteiger partial charge in [-0.05, 0) is 75.6 Å². The van der Waals surface area contributed by atoms with E-state index in [4.69, 9.17) is 11.6 Å². The van der Waals surface area contributed by atoms with Gasteiger partial charge in [0.2, 0.25) is 11.8 Å². The molecule has 0 bridgehead atoms. The highest BCUT2D eigenvalue weighted by atomic mass is 35.5. The molecule has 39 heavy (non-hydrogen) atoms. The summed E-state index contributed by atoms with van der Waals surface area (Å²) < 4.78 is 28.7. The van der Waals surface area contributed by atoms with Gasteiger partial charge in [-0.15, -0.1) is 0 Å². The zero-order valence-electron chi connectivity index (χ0n) is 23.0. The molecule has 0 aliphatic rings. The topological polar surface area (TPSA) is 86.8 Å². The number of carbonyl (C=O) groups excluding carboxylic acids is 2. The first-order valence-electron chi connectivity index (χ1n) is 12.8. The van der Waals surface area contributed by atoms with Gasteiger partial charge in [0.1, 0.15) is 12.6 Å². The Labute approximate surface area is 236 Å². The molecule has 0 spiro atoms. The van der Waals surface area contributed by atoms with Crippen molar-refractivity contribution < 1.29 is 18.0 Å². The zero-order chi connectivity index (χ0) is 28.8. The fourth-order valence-electron chi connectivity index (χ4n) is 4.01. The predicted molar refractivity (Wildman–Crippen MR) is 156 cm³/mol. The first kappa shape index (κ1) is 30.2. The Morgan fingerprint density at radius 3 is 2.08 bits per heavy atom. The molecule has 0 radical (unpaired) electrons. The van der Waals surface area contributed by atoms with Gasteiger partial charge in [0, 0.05) is 17.1 Å². The maximum Gasteiger partial charge on any atom is 0.264 e. The first-order chi connectivity index (χ1) is 18.3. The number of aryl methyl sites for hydroxylation is 1. The van der Waals surface area contributed by atoms with E-state index in [1.807, 2.05) is 39.8 Å². The van der Waals surface area contributed by atoms with Gasteiger partial charge in [0.05, 0.1) is 10.6 Å². The second-order valence-electron chi connectivity index (χ2n) is 10.4. The largest absolute Gasteiger partial charge is 0.350 e. The van der Waals surface area contributed by atoms with Crippen LogP contribution >= 0.6 is 11.6 Å². The summed E-state index contributed by atoms with van der Waals surface area (Å²) in [5, 5.41) is 3.36. The highest BCUT2D eigenvalue weighted by Gasteiger charge is 2.33. The summed E-state index contributed by atoms with van der Waals surface area (Å²) in [4.78, 5) is 28.5. The van der Waals surface area contributed by atoms with Crippen LogP contribution in [0.2, 0.25) is 5.02 Å². The van der Waals surface area contributed by atoms with Crippen LogP contribution in [0.5, 0.6) is 0 Å². The van der Waals surface area contributed by atoms with Crippen LogP contribution in [0.1, 0.15) is 45.7 Å². The molecule has 0 unspecified atom stereocenters. The molecule has 2 amide bonds. The van der Waals surface area contributed by atoms with Gasteiger partial charge in [-0.3, -0.25) is 13.9 Å². The van der Waals surface area contributed by atoms with Crippen LogP contribution in [0.15, 0.2) is 83.8 Å². The highest BCUT2D eigenvalue weighted by molar-refractivity contribution is 7.92. The lowest BCUT2D eigenvalue weighted by molar-refractivity contribution is -0.140. The number of nitrogens with one attached hydrogen (secondary N) is 1. The molecular formula is C30H36ClN3O4S. The quantitative estimate of drug-likeness (QED) is 0.353. The first-order valence-corrected chi connectivity index (χ1v) is 14.7. The lowest BCUT2D eigenvalue weighted by Gasteiger charge is -2.33. The average molecular weight is 570 g/mol. The number of benzene rings is 3. The van der Waals surface area contributed by atoms with E-state index in [1.165, 1.54) is 17.0 Å². The van der Waals surface area contributed by atoms with E-state index in [0.717, 1.165) is 16.3 Å². The molecule has 3 aromatic carbocycles. The normalized spacial score (nSPS) is 12.5. The molecule has 1 atom stereocenters. The SMILES string of the molecule is CCc1ccc(N(CC(=O)N(Cc2ccccc2Cl)[C@H](C)C(=O)NC(C)(C)C)S(=O)(=O)c2ccccc2)cc1. The summed E-state index contributed by atoms with van der Waals surface area (Å²) in [6.07, 6.45) is 0.788. The summed E-state index contributed by atoms with van der Waals surface area (Å²) in [5.74, 6) is -0.891. The minimum absolute atomic E-state index is 0.0330. The second-order valence-corrected chi connectivity index (χ2v) is 12.6. The van der Waals surface area contributed by atoms with E-state index >= 15 is 0 Å². The fourth-order valence-corrected chi connectivity index (χ4v) is 5.64. The molecule has 3 aromatic rings. The predicted octanol–water partition coefficient (Wildman–Crippen LogP) is 5.43. The number of sulfonamides is 1. The van der Waals surface area contributed by atoms with Gasteiger partial charge in [-0.25, -0.2) is 8.42 Å². The third-order valence-electron chi connectivity index (χ3n) is 6.21. The number of nitrogens with zero attached hydrogens (tertiary/aromatic N) is 2. The Kier molecular flexibility index (Phi) is 9.80. The van der Waals surface area contributed by atoms with Crippen LogP contribution in [0.3, 0.4) is 0 Å². The number of anilines is 1. The van der Waals surface area contributed by atoms with Crippen molar-refractivity contribution in [3.05, 3.63) is 95.0 Å². The molecule has 1 N–H and O–H groups in total. The summed E-state index contributed by atoms with van der Waals surface area (Å²) in [7, 11) is -4.10. The maximum absolute atomic E-state index is 14.0. The number of carbonyl (C=O) groups is 2. The van der Waals surface area contributed by atoms with Crippen LogP contribution in [0, 0.1) is 0 Å². The van der Waals surface area contributed by atoms with E-state index in [0.29, 0.717) is 16.3 Å². The van der Waals surface area contributed by atoms with E-state index < -0.39 is 34.1 Å². The molecule has 0 saturated heterocycles. The third kappa shape index (κ3) is 7.83. The second kappa shape index (κ2) is 12.7. The zero-order valence-corrected chi connectivity index (χ0v) is 24.6. The van der Waals surface area contributed by atoms with Crippen molar-refractivity contribution in [1.29, 1.82) is 0 Å². The van der Waals surface area contributed by atoms with E-state index in [1.54, 1.807) is 61.5 Å². The fraction of sp³-hybridized carbons (Fsp3) is 0.333. The number of halogens is 1. The van der Waals surface area contributed by atoms with Crippen molar-refractivity contribution in [1.82, 2.24) is 10.2 Å². The molecule has 3 rings (SSSR count). The summed E-state index contributed by atoms with van der Waals surface area (Å²) in [5.41, 5.74) is 1.52. The molecule has 0 heterocycles. The van der Waals surface area contributed by atoms with Gasteiger partial charge in [-0.1, -0.05) is 67.1 Å². The van der Waals surface area contributed by atoms with Gasteiger partial charge in [0.25, 0.3) is 10.0 Å². The summed E-state index contributed by atoms with van der Waals surface area (Å²) >= 11 is 6.40. The minimum atomic E-state index is -4.10. The van der Waals surface area contributed by atoms with Crippen molar-refractivity contribution >= 4 is 39.1 Å². The molecule has 208 valence electrons. The smallest absolute Gasteiger partial charge is 0.264 e. The van der Waals surface area contributed by atoms with Crippen molar-refractivity contribution in [2.75, 3.05) is 10.8 Å². The number of hydrogen-bond acceptors (Lipinski definition) is 4. The summed E-state index contributed by atoms with van der Waals surface area (Å²) in [6, 6.07) is 21.2. The lowest BCUT2D eigenvalue weighted by atomic mass is 10.1. The molecular weight excluding hydrogens is 534 g/mol. The van der Waals surface area contributed by atoms with Crippen LogP contribution in [0.25, 0.3) is 0 Å². The third-order valence-corrected chi connectivity index (χ3v) is 8.36. The molecule has 0 aromatic heterocycles. The van der Waals surface area contributed by atoms with Gasteiger partial charge < -0.3 is 10.2 Å². The van der Waals surface area contributed by atoms with Crippen molar-refractivity contribution in [3.8, 4) is 0 Å². The maximum atomic E-state index is 14.0. The Bertz CT molecular complexity index is 1390. The highest BCUT2D eigenvalue weighted by Crippen LogP contribution is 2.26. The minimum Gasteiger partial charge on any atom is -0.350 e. The van der Waals surface area contributed by atoms with E-state index in [-0.39, 0.29) is 17.3 Å².